The van der Waals surface area contributed by atoms with Gasteiger partial charge in [0.15, 0.2) is 0 Å². The maximum atomic E-state index is 12.7. The molecule has 0 bridgehead atoms. The van der Waals surface area contributed by atoms with Gasteiger partial charge in [0, 0.05) is 0 Å². The Bertz CT molecular complexity index is 392. The van der Waals surface area contributed by atoms with Crippen LogP contribution in [0.2, 0.25) is 0 Å². The Balaban J connectivity index is 2.79. The van der Waals surface area contributed by atoms with E-state index in [9.17, 15) is 18.0 Å². The number of ether oxygens (including phenoxy) is 2. The molecule has 0 saturated carbocycles. The summed E-state index contributed by atoms with van der Waals surface area (Å²) in [6.45, 7) is 0. The summed E-state index contributed by atoms with van der Waals surface area (Å²) < 4.78 is 46.2. The second kappa shape index (κ2) is 5.27. The first-order valence-electron chi connectivity index (χ1n) is 4.40. The van der Waals surface area contributed by atoms with Crippen LogP contribution in [0.3, 0.4) is 0 Å². The van der Waals surface area contributed by atoms with Crippen molar-refractivity contribution in [2.75, 3.05) is 7.11 Å². The van der Waals surface area contributed by atoms with Gasteiger partial charge in [-0.15, -0.1) is 0 Å². The third-order valence-corrected chi connectivity index (χ3v) is 2.04. The number of benzene rings is 1. The number of carbonyl (C=O) groups excluding carboxylic acids is 1. The molecule has 1 aromatic carbocycles. The van der Waals surface area contributed by atoms with E-state index < -0.39 is 17.7 Å². The van der Waals surface area contributed by atoms with Crippen molar-refractivity contribution in [3.8, 4) is 5.75 Å². The lowest BCUT2D eigenvalue weighted by atomic mass is 10.2. The maximum Gasteiger partial charge on any atom is 0.444 e. The highest BCUT2D eigenvalue weighted by molar-refractivity contribution is 6.20. The van der Waals surface area contributed by atoms with Gasteiger partial charge in [-0.3, -0.25) is 0 Å². The normalized spacial score (nSPS) is 13.0. The van der Waals surface area contributed by atoms with E-state index >= 15 is 0 Å². The van der Waals surface area contributed by atoms with Crippen molar-refractivity contribution in [3.63, 3.8) is 0 Å². The topological polar surface area (TPSA) is 35.5 Å². The summed E-state index contributed by atoms with van der Waals surface area (Å²) in [6, 6.07) is 4.58. The standard InChI is InChI=1S/C10H8ClF3O3/c1-16-8(15)6-2-4-7(5-3-6)17-10(13,14)9(11)12/h2-5,9H,1H3/t9-/m0/s1. The molecule has 0 aromatic heterocycles. The Morgan fingerprint density at radius 2 is 1.88 bits per heavy atom. The first-order valence-corrected chi connectivity index (χ1v) is 4.84. The number of methoxy groups -OCH3 is 1. The average molecular weight is 269 g/mol. The van der Waals surface area contributed by atoms with Crippen LogP contribution >= 0.6 is 11.6 Å². The molecule has 0 amide bonds. The lowest BCUT2D eigenvalue weighted by Gasteiger charge is -2.17. The van der Waals surface area contributed by atoms with Gasteiger partial charge in [0.05, 0.1) is 12.7 Å². The highest BCUT2D eigenvalue weighted by Crippen LogP contribution is 2.28. The molecule has 0 fully saturated rings. The molecular weight excluding hydrogens is 261 g/mol. The minimum absolute atomic E-state index is 0.158. The van der Waals surface area contributed by atoms with E-state index in [1.807, 2.05) is 0 Å². The fourth-order valence-corrected chi connectivity index (χ4v) is 1.02. The van der Waals surface area contributed by atoms with Crippen molar-refractivity contribution in [1.29, 1.82) is 0 Å². The first-order chi connectivity index (χ1) is 7.86. The van der Waals surface area contributed by atoms with Gasteiger partial charge in [-0.1, -0.05) is 11.6 Å². The van der Waals surface area contributed by atoms with Crippen LogP contribution in [0.15, 0.2) is 24.3 Å². The number of carbonyl (C=O) groups is 1. The molecule has 17 heavy (non-hydrogen) atoms. The van der Waals surface area contributed by atoms with Crippen molar-refractivity contribution in [3.05, 3.63) is 29.8 Å². The second-order valence-electron chi connectivity index (χ2n) is 2.98. The Labute approximate surface area is 100 Å². The monoisotopic (exact) mass is 268 g/mol. The lowest BCUT2D eigenvalue weighted by Crippen LogP contribution is -2.32. The van der Waals surface area contributed by atoms with Crippen LogP contribution in [0.25, 0.3) is 0 Å². The van der Waals surface area contributed by atoms with Crippen LogP contribution in [0.1, 0.15) is 10.4 Å². The molecule has 3 nitrogen and oxygen atoms in total. The first kappa shape index (κ1) is 13.6. The lowest BCUT2D eigenvalue weighted by molar-refractivity contribution is -0.199. The molecule has 0 N–H and O–H groups in total. The average Bonchev–Trinajstić information content (AvgIpc) is 2.28. The van der Waals surface area contributed by atoms with Gasteiger partial charge in [0.2, 0.25) is 0 Å². The second-order valence-corrected chi connectivity index (χ2v) is 3.36. The van der Waals surface area contributed by atoms with Crippen LogP contribution in [0, 0.1) is 0 Å². The van der Waals surface area contributed by atoms with Crippen molar-refractivity contribution < 1.29 is 27.4 Å². The fraction of sp³-hybridized carbons (Fsp3) is 0.300. The molecule has 0 saturated heterocycles. The predicted molar refractivity (Wildman–Crippen MR) is 54.1 cm³/mol. The summed E-state index contributed by atoms with van der Waals surface area (Å²) in [5.74, 6) is -0.935. The van der Waals surface area contributed by atoms with E-state index in [1.54, 1.807) is 0 Å². The van der Waals surface area contributed by atoms with E-state index in [-0.39, 0.29) is 11.3 Å². The van der Waals surface area contributed by atoms with E-state index in [0.29, 0.717) is 0 Å². The minimum Gasteiger partial charge on any atom is -0.465 e. The number of hydrogen-bond acceptors (Lipinski definition) is 3. The number of hydrogen-bond donors (Lipinski definition) is 0. The summed E-state index contributed by atoms with van der Waals surface area (Å²) in [5, 5.41) is 0. The molecule has 0 aliphatic carbocycles. The summed E-state index contributed by atoms with van der Waals surface area (Å²) in [4.78, 5) is 11.0. The largest absolute Gasteiger partial charge is 0.465 e. The number of rotatable bonds is 4. The van der Waals surface area contributed by atoms with E-state index in [0.717, 1.165) is 12.1 Å². The molecule has 1 atom stereocenters. The van der Waals surface area contributed by atoms with Crippen molar-refractivity contribution >= 4 is 17.6 Å². The smallest absolute Gasteiger partial charge is 0.444 e. The molecule has 0 heterocycles. The van der Waals surface area contributed by atoms with Crippen LogP contribution in [-0.4, -0.2) is 24.8 Å². The van der Waals surface area contributed by atoms with Crippen molar-refractivity contribution in [2.45, 2.75) is 11.7 Å². The summed E-state index contributed by atoms with van der Waals surface area (Å²) >= 11 is 4.61. The van der Waals surface area contributed by atoms with Gasteiger partial charge in [-0.05, 0) is 24.3 Å². The Morgan fingerprint density at radius 1 is 1.35 bits per heavy atom. The molecule has 0 radical (unpaired) electrons. The highest BCUT2D eigenvalue weighted by atomic mass is 35.5. The fourth-order valence-electron chi connectivity index (χ4n) is 0.979. The van der Waals surface area contributed by atoms with Gasteiger partial charge in [0.25, 0.3) is 5.63 Å². The molecule has 0 unspecified atom stereocenters. The van der Waals surface area contributed by atoms with Crippen LogP contribution in [0.4, 0.5) is 13.2 Å². The van der Waals surface area contributed by atoms with E-state index in [2.05, 4.69) is 21.1 Å². The summed E-state index contributed by atoms with van der Waals surface area (Å²) in [6.07, 6.45) is -4.13. The molecule has 94 valence electrons. The van der Waals surface area contributed by atoms with Crippen molar-refractivity contribution in [1.82, 2.24) is 0 Å². The van der Waals surface area contributed by atoms with E-state index in [1.165, 1.54) is 19.2 Å². The zero-order valence-electron chi connectivity index (χ0n) is 8.62. The molecule has 0 spiro atoms. The molecule has 1 rings (SSSR count). The predicted octanol–water partition coefficient (Wildman–Crippen LogP) is 2.98. The molecule has 7 heteroatoms. The Kier molecular flexibility index (Phi) is 4.22. The summed E-state index contributed by atoms with van der Waals surface area (Å²) in [5.41, 5.74) is -2.80. The SMILES string of the molecule is COC(=O)c1ccc(OC(F)(F)[C@H](F)Cl)cc1. The third-order valence-electron chi connectivity index (χ3n) is 1.78. The number of halogens is 4. The van der Waals surface area contributed by atoms with E-state index in [4.69, 9.17) is 0 Å². The van der Waals surface area contributed by atoms with Gasteiger partial charge >= 0.3 is 12.1 Å². The third kappa shape index (κ3) is 3.52. The Hall–Kier alpha value is -1.43. The molecular formula is C10H8ClF3O3. The van der Waals surface area contributed by atoms with Gasteiger partial charge < -0.3 is 9.47 Å². The van der Waals surface area contributed by atoms with Crippen LogP contribution < -0.4 is 4.74 Å². The van der Waals surface area contributed by atoms with Crippen LogP contribution in [-0.2, 0) is 4.74 Å². The summed E-state index contributed by atoms with van der Waals surface area (Å²) in [7, 11) is 1.18. The zero-order valence-corrected chi connectivity index (χ0v) is 9.38. The zero-order chi connectivity index (χ0) is 13.1. The van der Waals surface area contributed by atoms with Gasteiger partial charge in [0.1, 0.15) is 5.75 Å². The minimum atomic E-state index is -4.13. The van der Waals surface area contributed by atoms with Crippen LogP contribution in [0.5, 0.6) is 5.75 Å². The molecule has 0 aliphatic rings. The van der Waals surface area contributed by atoms with Gasteiger partial charge in [-0.25, -0.2) is 9.18 Å². The highest BCUT2D eigenvalue weighted by Gasteiger charge is 2.42. The quantitative estimate of drug-likeness (QED) is 0.622. The molecule has 0 aliphatic heterocycles. The van der Waals surface area contributed by atoms with Gasteiger partial charge in [-0.2, -0.15) is 8.78 Å². The van der Waals surface area contributed by atoms with Crippen molar-refractivity contribution in [2.24, 2.45) is 0 Å². The molecule has 1 aromatic rings. The number of esters is 1. The number of alkyl halides is 4. The Morgan fingerprint density at radius 3 is 2.29 bits per heavy atom. The maximum absolute atomic E-state index is 12.7.